The van der Waals surface area contributed by atoms with E-state index in [0.717, 1.165) is 22.3 Å². The molecule has 2 bridgehead atoms. The third-order valence-electron chi connectivity index (χ3n) is 5.86. The fourth-order valence-corrected chi connectivity index (χ4v) is 5.40. The highest BCUT2D eigenvalue weighted by atomic mass is 32.2. The van der Waals surface area contributed by atoms with Crippen LogP contribution in [-0.2, 0) is 14.3 Å². The summed E-state index contributed by atoms with van der Waals surface area (Å²) in [5, 5.41) is 3.03. The summed E-state index contributed by atoms with van der Waals surface area (Å²) < 4.78 is 5.14. The number of rotatable bonds is 7. The number of carbonyl (C=O) groups excluding carboxylic acids is 2. The van der Waals surface area contributed by atoms with Crippen molar-refractivity contribution in [1.82, 2.24) is 5.32 Å². The molecule has 0 heterocycles. The number of hydrogen-bond acceptors (Lipinski definition) is 4. The summed E-state index contributed by atoms with van der Waals surface area (Å²) in [6.07, 6.45) is 5.23. The number of carbonyl (C=O) groups is 2. The van der Waals surface area contributed by atoms with Gasteiger partial charge in [0.2, 0.25) is 0 Å². The predicted octanol–water partition coefficient (Wildman–Crippen LogP) is 3.88. The van der Waals surface area contributed by atoms with E-state index in [1.54, 1.807) is 0 Å². The predicted molar refractivity (Wildman–Crippen MR) is 104 cm³/mol. The SMILES string of the molecule is Cc1ccc(SCC(=O)OCC(=O)NC(C)C2CC3CCC2C3)c(C)c1. The van der Waals surface area contributed by atoms with Gasteiger partial charge in [0, 0.05) is 10.9 Å². The topological polar surface area (TPSA) is 55.4 Å². The molecule has 2 aliphatic rings. The highest BCUT2D eigenvalue weighted by molar-refractivity contribution is 8.00. The molecule has 0 aromatic heterocycles. The molecule has 4 unspecified atom stereocenters. The van der Waals surface area contributed by atoms with Gasteiger partial charge in [-0.2, -0.15) is 0 Å². The van der Waals surface area contributed by atoms with Crippen LogP contribution in [0.15, 0.2) is 23.1 Å². The minimum Gasteiger partial charge on any atom is -0.455 e. The van der Waals surface area contributed by atoms with Gasteiger partial charge in [-0.05, 0) is 69.4 Å². The molecule has 2 fully saturated rings. The van der Waals surface area contributed by atoms with E-state index < -0.39 is 0 Å². The van der Waals surface area contributed by atoms with E-state index in [0.29, 0.717) is 5.92 Å². The molecule has 4 atom stereocenters. The third kappa shape index (κ3) is 4.81. The molecule has 2 saturated carbocycles. The lowest BCUT2D eigenvalue weighted by Gasteiger charge is -2.28. The van der Waals surface area contributed by atoms with E-state index in [1.165, 1.54) is 43.0 Å². The molecule has 4 nitrogen and oxygen atoms in total. The Bertz CT molecular complexity index is 675. The maximum atomic E-state index is 12.1. The molecule has 5 heteroatoms. The molecule has 26 heavy (non-hydrogen) atoms. The number of amides is 1. The molecule has 1 aromatic rings. The number of esters is 1. The van der Waals surface area contributed by atoms with Crippen molar-refractivity contribution in [2.24, 2.45) is 17.8 Å². The normalized spacial score (nSPS) is 25.1. The zero-order valence-corrected chi connectivity index (χ0v) is 16.7. The maximum Gasteiger partial charge on any atom is 0.316 e. The average Bonchev–Trinajstić information content (AvgIpc) is 3.22. The smallest absolute Gasteiger partial charge is 0.316 e. The van der Waals surface area contributed by atoms with E-state index in [-0.39, 0.29) is 30.3 Å². The molecule has 0 saturated heterocycles. The summed E-state index contributed by atoms with van der Waals surface area (Å²) in [5.74, 6) is 1.91. The molecule has 0 spiro atoms. The Morgan fingerprint density at radius 1 is 1.27 bits per heavy atom. The Morgan fingerprint density at radius 2 is 2.08 bits per heavy atom. The maximum absolute atomic E-state index is 12.1. The van der Waals surface area contributed by atoms with Crippen molar-refractivity contribution in [3.8, 4) is 0 Å². The molecule has 1 aromatic carbocycles. The van der Waals surface area contributed by atoms with Crippen LogP contribution in [0.1, 0.15) is 43.7 Å². The van der Waals surface area contributed by atoms with Crippen LogP contribution in [0.5, 0.6) is 0 Å². The van der Waals surface area contributed by atoms with Crippen LogP contribution in [0, 0.1) is 31.6 Å². The largest absolute Gasteiger partial charge is 0.455 e. The lowest BCUT2D eigenvalue weighted by molar-refractivity contribution is -0.146. The summed E-state index contributed by atoms with van der Waals surface area (Å²) in [4.78, 5) is 25.1. The summed E-state index contributed by atoms with van der Waals surface area (Å²) in [6, 6.07) is 6.32. The van der Waals surface area contributed by atoms with Crippen molar-refractivity contribution in [2.45, 2.75) is 57.4 Å². The van der Waals surface area contributed by atoms with Crippen LogP contribution in [0.25, 0.3) is 0 Å². The number of hydrogen-bond donors (Lipinski definition) is 1. The first-order valence-electron chi connectivity index (χ1n) is 9.57. The lowest BCUT2D eigenvalue weighted by Crippen LogP contribution is -2.42. The fourth-order valence-electron chi connectivity index (χ4n) is 4.59. The number of benzene rings is 1. The van der Waals surface area contributed by atoms with Gasteiger partial charge in [0.25, 0.3) is 5.91 Å². The van der Waals surface area contributed by atoms with Crippen LogP contribution in [-0.4, -0.2) is 30.3 Å². The second-order valence-corrected chi connectivity index (χ2v) is 8.93. The van der Waals surface area contributed by atoms with Gasteiger partial charge < -0.3 is 10.1 Å². The standard InChI is InChI=1S/C21H29NO3S/c1-13-4-7-19(14(2)8-13)26-12-21(24)25-11-20(23)22-15(3)18-10-16-5-6-17(18)9-16/h4,7-8,15-18H,5-6,9-12H2,1-3H3,(H,22,23). The highest BCUT2D eigenvalue weighted by Gasteiger charge is 2.42. The van der Waals surface area contributed by atoms with Gasteiger partial charge in [0.1, 0.15) is 0 Å². The van der Waals surface area contributed by atoms with Crippen molar-refractivity contribution in [3.63, 3.8) is 0 Å². The van der Waals surface area contributed by atoms with Crippen molar-refractivity contribution in [2.75, 3.05) is 12.4 Å². The quantitative estimate of drug-likeness (QED) is 0.580. The molecular weight excluding hydrogens is 346 g/mol. The minimum absolute atomic E-state index is 0.168. The second kappa shape index (κ2) is 8.47. The van der Waals surface area contributed by atoms with E-state index in [1.807, 2.05) is 26.0 Å². The van der Waals surface area contributed by atoms with Crippen molar-refractivity contribution >= 4 is 23.6 Å². The zero-order chi connectivity index (χ0) is 18.7. The lowest BCUT2D eigenvalue weighted by atomic mass is 9.84. The van der Waals surface area contributed by atoms with Crippen molar-refractivity contribution in [3.05, 3.63) is 29.3 Å². The number of fused-ring (bicyclic) bond motifs is 2. The first kappa shape index (κ1) is 19.3. The molecule has 3 rings (SSSR count). The number of ether oxygens (including phenoxy) is 1. The summed E-state index contributed by atoms with van der Waals surface area (Å²) in [6.45, 7) is 5.98. The first-order valence-corrected chi connectivity index (χ1v) is 10.6. The molecule has 2 aliphatic carbocycles. The third-order valence-corrected chi connectivity index (χ3v) is 7.01. The van der Waals surface area contributed by atoms with Gasteiger partial charge in [0.05, 0.1) is 5.75 Å². The Kier molecular flexibility index (Phi) is 6.28. The van der Waals surface area contributed by atoms with E-state index >= 15 is 0 Å². The van der Waals surface area contributed by atoms with Gasteiger partial charge in [-0.15, -0.1) is 11.8 Å². The molecular formula is C21H29NO3S. The van der Waals surface area contributed by atoms with Crippen LogP contribution < -0.4 is 5.32 Å². The molecule has 0 aliphatic heterocycles. The van der Waals surface area contributed by atoms with Gasteiger partial charge in [-0.3, -0.25) is 9.59 Å². The average molecular weight is 376 g/mol. The summed E-state index contributed by atoms with van der Waals surface area (Å²) >= 11 is 1.45. The summed E-state index contributed by atoms with van der Waals surface area (Å²) in [7, 11) is 0. The van der Waals surface area contributed by atoms with Gasteiger partial charge in [-0.1, -0.05) is 24.1 Å². The number of nitrogens with one attached hydrogen (secondary N) is 1. The Labute approximate surface area is 160 Å². The monoisotopic (exact) mass is 375 g/mol. The van der Waals surface area contributed by atoms with Crippen LogP contribution in [0.4, 0.5) is 0 Å². The second-order valence-electron chi connectivity index (χ2n) is 7.91. The van der Waals surface area contributed by atoms with Crippen LogP contribution in [0.3, 0.4) is 0 Å². The Hall–Kier alpha value is -1.49. The molecule has 1 N–H and O–H groups in total. The fraction of sp³-hybridized carbons (Fsp3) is 0.619. The van der Waals surface area contributed by atoms with Crippen LogP contribution in [0.2, 0.25) is 0 Å². The molecule has 1 amide bonds. The van der Waals surface area contributed by atoms with Gasteiger partial charge in [0.15, 0.2) is 6.61 Å². The van der Waals surface area contributed by atoms with E-state index in [2.05, 4.69) is 18.3 Å². The van der Waals surface area contributed by atoms with E-state index in [4.69, 9.17) is 4.74 Å². The van der Waals surface area contributed by atoms with Gasteiger partial charge in [-0.25, -0.2) is 0 Å². The summed E-state index contributed by atoms with van der Waals surface area (Å²) in [5.41, 5.74) is 2.36. The van der Waals surface area contributed by atoms with Crippen molar-refractivity contribution < 1.29 is 14.3 Å². The first-order chi connectivity index (χ1) is 12.4. The Balaban J connectivity index is 1.36. The molecule has 142 valence electrons. The van der Waals surface area contributed by atoms with Crippen molar-refractivity contribution in [1.29, 1.82) is 0 Å². The minimum atomic E-state index is -0.349. The molecule has 0 radical (unpaired) electrons. The van der Waals surface area contributed by atoms with Gasteiger partial charge >= 0.3 is 5.97 Å². The zero-order valence-electron chi connectivity index (χ0n) is 15.9. The Morgan fingerprint density at radius 3 is 2.73 bits per heavy atom. The highest BCUT2D eigenvalue weighted by Crippen LogP contribution is 2.49. The number of aryl methyl sites for hydroxylation is 2. The number of thioether (sulfide) groups is 1. The van der Waals surface area contributed by atoms with E-state index in [9.17, 15) is 9.59 Å². The van der Waals surface area contributed by atoms with Crippen LogP contribution >= 0.6 is 11.8 Å².